The SMILES string of the molecule is C=CCn1c(SCC(=O)Nc2ccc(C)c(Br)c2)nc2ccccc2c1=O. The number of anilines is 1. The quantitative estimate of drug-likeness (QED) is 0.348. The molecule has 0 saturated heterocycles. The zero-order valence-corrected chi connectivity index (χ0v) is 17.1. The summed E-state index contributed by atoms with van der Waals surface area (Å²) in [6.07, 6.45) is 1.64. The molecule has 0 atom stereocenters. The van der Waals surface area contributed by atoms with Crippen LogP contribution in [0.5, 0.6) is 0 Å². The van der Waals surface area contributed by atoms with Gasteiger partial charge in [-0.2, -0.15) is 0 Å². The lowest BCUT2D eigenvalue weighted by atomic mass is 10.2. The van der Waals surface area contributed by atoms with Crippen LogP contribution in [0.2, 0.25) is 0 Å². The average Bonchev–Trinajstić information content (AvgIpc) is 2.66. The molecule has 5 nitrogen and oxygen atoms in total. The van der Waals surface area contributed by atoms with Crippen LogP contribution in [0, 0.1) is 6.92 Å². The number of aromatic nitrogens is 2. The number of fused-ring (bicyclic) bond motifs is 1. The lowest BCUT2D eigenvalue weighted by Gasteiger charge is -2.11. The Morgan fingerprint density at radius 3 is 2.85 bits per heavy atom. The summed E-state index contributed by atoms with van der Waals surface area (Å²) < 4.78 is 2.47. The molecular weight excluding hydrogens is 426 g/mol. The number of allylic oxidation sites excluding steroid dienone is 1. The van der Waals surface area contributed by atoms with E-state index in [9.17, 15) is 9.59 Å². The molecule has 0 unspecified atom stereocenters. The molecule has 1 heterocycles. The second-order valence-electron chi connectivity index (χ2n) is 5.92. The number of para-hydroxylation sites is 1. The number of rotatable bonds is 6. The number of nitrogens with one attached hydrogen (secondary N) is 1. The van der Waals surface area contributed by atoms with Crippen molar-refractivity contribution in [3.8, 4) is 0 Å². The van der Waals surface area contributed by atoms with Crippen molar-refractivity contribution in [1.82, 2.24) is 9.55 Å². The molecule has 7 heteroatoms. The standard InChI is InChI=1S/C20H18BrN3O2S/c1-3-10-24-19(26)15-6-4-5-7-17(15)23-20(24)27-12-18(25)22-14-9-8-13(2)16(21)11-14/h3-9,11H,1,10,12H2,2H3,(H,22,25). The van der Waals surface area contributed by atoms with Crippen molar-refractivity contribution in [2.45, 2.75) is 18.6 Å². The molecule has 0 aliphatic heterocycles. The molecule has 138 valence electrons. The van der Waals surface area contributed by atoms with Gasteiger partial charge in [0.1, 0.15) is 0 Å². The normalized spacial score (nSPS) is 10.7. The summed E-state index contributed by atoms with van der Waals surface area (Å²) in [4.78, 5) is 29.6. The van der Waals surface area contributed by atoms with Gasteiger partial charge in [0.25, 0.3) is 5.56 Å². The van der Waals surface area contributed by atoms with E-state index in [1.54, 1.807) is 18.2 Å². The topological polar surface area (TPSA) is 64.0 Å². The molecule has 27 heavy (non-hydrogen) atoms. The minimum Gasteiger partial charge on any atom is -0.325 e. The van der Waals surface area contributed by atoms with Gasteiger partial charge in [-0.15, -0.1) is 6.58 Å². The first-order chi connectivity index (χ1) is 13.0. The molecule has 0 aliphatic carbocycles. The van der Waals surface area contributed by atoms with Crippen LogP contribution < -0.4 is 10.9 Å². The van der Waals surface area contributed by atoms with Gasteiger partial charge in [-0.1, -0.05) is 52.0 Å². The third kappa shape index (κ3) is 4.48. The van der Waals surface area contributed by atoms with Gasteiger partial charge in [-0.3, -0.25) is 14.2 Å². The molecule has 1 aromatic heterocycles. The second kappa shape index (κ2) is 8.54. The van der Waals surface area contributed by atoms with E-state index < -0.39 is 0 Å². The number of amides is 1. The predicted octanol–water partition coefficient (Wildman–Crippen LogP) is 4.38. The second-order valence-corrected chi connectivity index (χ2v) is 7.71. The molecule has 1 amide bonds. The zero-order valence-electron chi connectivity index (χ0n) is 14.7. The smallest absolute Gasteiger partial charge is 0.262 e. The van der Waals surface area contributed by atoms with Gasteiger partial charge in [0.05, 0.1) is 16.7 Å². The molecule has 3 aromatic rings. The van der Waals surface area contributed by atoms with E-state index in [1.807, 2.05) is 37.3 Å². The highest BCUT2D eigenvalue weighted by molar-refractivity contribution is 9.10. The fourth-order valence-electron chi connectivity index (χ4n) is 2.55. The molecule has 0 spiro atoms. The number of nitrogens with zero attached hydrogens (tertiary/aromatic N) is 2. The van der Waals surface area contributed by atoms with Gasteiger partial charge in [-0.05, 0) is 36.8 Å². The van der Waals surface area contributed by atoms with Crippen molar-refractivity contribution in [3.63, 3.8) is 0 Å². The van der Waals surface area contributed by atoms with Crippen LogP contribution in [0.1, 0.15) is 5.56 Å². The maximum atomic E-state index is 12.7. The van der Waals surface area contributed by atoms with Crippen LogP contribution in [0.4, 0.5) is 5.69 Å². The molecular formula is C20H18BrN3O2S. The van der Waals surface area contributed by atoms with Gasteiger partial charge in [-0.25, -0.2) is 4.98 Å². The van der Waals surface area contributed by atoms with Crippen LogP contribution >= 0.6 is 27.7 Å². The third-order valence-electron chi connectivity index (χ3n) is 3.93. The van der Waals surface area contributed by atoms with Crippen molar-refractivity contribution in [2.75, 3.05) is 11.1 Å². The highest BCUT2D eigenvalue weighted by Gasteiger charge is 2.12. The fourth-order valence-corrected chi connectivity index (χ4v) is 3.73. The number of aryl methyl sites for hydroxylation is 1. The van der Waals surface area contributed by atoms with Crippen LogP contribution in [0.3, 0.4) is 0 Å². The molecule has 0 bridgehead atoms. The fraction of sp³-hybridized carbons (Fsp3) is 0.150. The highest BCUT2D eigenvalue weighted by Crippen LogP contribution is 2.22. The van der Waals surface area contributed by atoms with Crippen LogP contribution in [0.15, 0.2) is 69.5 Å². The molecule has 0 aliphatic rings. The van der Waals surface area contributed by atoms with E-state index in [4.69, 9.17) is 0 Å². The first kappa shape index (κ1) is 19.4. The zero-order chi connectivity index (χ0) is 19.4. The summed E-state index contributed by atoms with van der Waals surface area (Å²) in [5, 5.41) is 3.91. The molecule has 0 saturated carbocycles. The van der Waals surface area contributed by atoms with Gasteiger partial charge in [0.15, 0.2) is 5.16 Å². The lowest BCUT2D eigenvalue weighted by Crippen LogP contribution is -2.23. The summed E-state index contributed by atoms with van der Waals surface area (Å²) in [5.74, 6) is -0.0173. The van der Waals surface area contributed by atoms with Crippen LogP contribution in [0.25, 0.3) is 10.9 Å². The van der Waals surface area contributed by atoms with E-state index in [0.717, 1.165) is 10.0 Å². The molecule has 3 rings (SSSR count). The number of halogens is 1. The van der Waals surface area contributed by atoms with E-state index in [1.165, 1.54) is 16.3 Å². The van der Waals surface area contributed by atoms with Crippen molar-refractivity contribution >= 4 is 50.2 Å². The van der Waals surface area contributed by atoms with Gasteiger partial charge in [0.2, 0.25) is 5.91 Å². The summed E-state index contributed by atoms with van der Waals surface area (Å²) in [6, 6.07) is 12.8. The Hall–Kier alpha value is -2.38. The van der Waals surface area contributed by atoms with Crippen LogP contribution in [-0.4, -0.2) is 21.2 Å². The maximum Gasteiger partial charge on any atom is 0.262 e. The number of carbonyl (C=O) groups excluding carboxylic acids is 1. The molecule has 1 N–H and O–H groups in total. The number of benzene rings is 2. The van der Waals surface area contributed by atoms with Crippen molar-refractivity contribution in [3.05, 3.63) is 75.5 Å². The monoisotopic (exact) mass is 443 g/mol. The number of thioether (sulfide) groups is 1. The Kier molecular flexibility index (Phi) is 6.13. The Balaban J connectivity index is 1.80. The van der Waals surface area contributed by atoms with Crippen LogP contribution in [-0.2, 0) is 11.3 Å². The first-order valence-electron chi connectivity index (χ1n) is 8.29. The Morgan fingerprint density at radius 2 is 2.11 bits per heavy atom. The minimum atomic E-state index is -0.164. The summed E-state index contributed by atoms with van der Waals surface area (Å²) in [7, 11) is 0. The minimum absolute atomic E-state index is 0.133. The first-order valence-corrected chi connectivity index (χ1v) is 10.1. The third-order valence-corrected chi connectivity index (χ3v) is 5.76. The van der Waals surface area contributed by atoms with E-state index in [0.29, 0.717) is 28.3 Å². The Bertz CT molecular complexity index is 1080. The van der Waals surface area contributed by atoms with E-state index in [2.05, 4.69) is 32.8 Å². The van der Waals surface area contributed by atoms with Crippen molar-refractivity contribution in [2.24, 2.45) is 0 Å². The molecule has 0 fully saturated rings. The Morgan fingerprint density at radius 1 is 1.33 bits per heavy atom. The summed E-state index contributed by atoms with van der Waals surface area (Å²) >= 11 is 4.69. The number of hydrogen-bond acceptors (Lipinski definition) is 4. The van der Waals surface area contributed by atoms with E-state index in [-0.39, 0.29) is 17.2 Å². The highest BCUT2D eigenvalue weighted by atomic mass is 79.9. The summed E-state index contributed by atoms with van der Waals surface area (Å²) in [6.45, 7) is 6.02. The van der Waals surface area contributed by atoms with Crippen molar-refractivity contribution < 1.29 is 4.79 Å². The van der Waals surface area contributed by atoms with E-state index >= 15 is 0 Å². The average molecular weight is 444 g/mol. The largest absolute Gasteiger partial charge is 0.325 e. The Labute approximate surface area is 169 Å². The molecule has 0 radical (unpaired) electrons. The van der Waals surface area contributed by atoms with Crippen molar-refractivity contribution in [1.29, 1.82) is 0 Å². The lowest BCUT2D eigenvalue weighted by molar-refractivity contribution is -0.113. The number of carbonyl (C=O) groups is 1. The van der Waals surface area contributed by atoms with Gasteiger partial charge >= 0.3 is 0 Å². The number of hydrogen-bond donors (Lipinski definition) is 1. The molecule has 2 aromatic carbocycles. The summed E-state index contributed by atoms with van der Waals surface area (Å²) in [5.41, 5.74) is 2.29. The van der Waals surface area contributed by atoms with Gasteiger partial charge < -0.3 is 5.32 Å². The van der Waals surface area contributed by atoms with Gasteiger partial charge in [0, 0.05) is 16.7 Å². The predicted molar refractivity (Wildman–Crippen MR) is 114 cm³/mol. The maximum absolute atomic E-state index is 12.7.